The molecule has 0 spiro atoms. The standard InChI is InChI=1S/C11H11F3N2O4/c12-11(13,14)10(19)16-4-6(5-16)9-15-3-7(20-9)1-2-8(17)18/h3,6H,1-2,4-5H2,(H,17,18). The lowest BCUT2D eigenvalue weighted by molar-refractivity contribution is -0.190. The maximum atomic E-state index is 12.1. The van der Waals surface area contributed by atoms with E-state index in [2.05, 4.69) is 4.98 Å². The molecule has 1 N–H and O–H groups in total. The van der Waals surface area contributed by atoms with Crippen molar-refractivity contribution in [2.75, 3.05) is 13.1 Å². The van der Waals surface area contributed by atoms with Crippen LogP contribution in [0.15, 0.2) is 10.6 Å². The van der Waals surface area contributed by atoms with Gasteiger partial charge >= 0.3 is 18.1 Å². The normalized spacial score (nSPS) is 16.1. The maximum Gasteiger partial charge on any atom is 0.471 e. The summed E-state index contributed by atoms with van der Waals surface area (Å²) >= 11 is 0. The van der Waals surface area contributed by atoms with Crippen molar-refractivity contribution in [3.8, 4) is 0 Å². The number of carbonyl (C=O) groups excluding carboxylic acids is 1. The van der Waals surface area contributed by atoms with E-state index in [1.165, 1.54) is 6.20 Å². The Morgan fingerprint density at radius 2 is 2.10 bits per heavy atom. The minimum atomic E-state index is -4.87. The maximum absolute atomic E-state index is 12.1. The van der Waals surface area contributed by atoms with E-state index < -0.39 is 18.1 Å². The largest absolute Gasteiger partial charge is 0.481 e. The first-order chi connectivity index (χ1) is 9.27. The van der Waals surface area contributed by atoms with Gasteiger partial charge in [0.1, 0.15) is 5.76 Å². The van der Waals surface area contributed by atoms with E-state index in [0.29, 0.717) is 10.7 Å². The first-order valence-corrected chi connectivity index (χ1v) is 5.80. The average Bonchev–Trinajstić information content (AvgIpc) is 2.71. The summed E-state index contributed by atoms with van der Waals surface area (Å²) in [6, 6.07) is 0. The fourth-order valence-corrected chi connectivity index (χ4v) is 1.84. The number of likely N-dealkylation sites (tertiary alicyclic amines) is 1. The van der Waals surface area contributed by atoms with Gasteiger partial charge in [-0.25, -0.2) is 4.98 Å². The number of hydrogen-bond donors (Lipinski definition) is 1. The topological polar surface area (TPSA) is 83.6 Å². The molecule has 0 atom stereocenters. The first kappa shape index (κ1) is 14.4. The van der Waals surface area contributed by atoms with Gasteiger partial charge in [0, 0.05) is 19.5 Å². The predicted octanol–water partition coefficient (Wildman–Crippen LogP) is 1.18. The van der Waals surface area contributed by atoms with E-state index in [1.54, 1.807) is 0 Å². The number of hydrogen-bond acceptors (Lipinski definition) is 4. The number of aromatic nitrogens is 1. The summed E-state index contributed by atoms with van der Waals surface area (Å²) in [5.41, 5.74) is 0. The zero-order valence-electron chi connectivity index (χ0n) is 10.2. The van der Waals surface area contributed by atoms with Gasteiger partial charge in [-0.2, -0.15) is 13.2 Å². The number of carbonyl (C=O) groups is 2. The number of rotatable bonds is 4. The highest BCUT2D eigenvalue weighted by Gasteiger charge is 2.47. The summed E-state index contributed by atoms with van der Waals surface area (Å²) in [7, 11) is 0. The lowest BCUT2D eigenvalue weighted by Crippen LogP contribution is -2.53. The highest BCUT2D eigenvalue weighted by Crippen LogP contribution is 2.30. The molecular formula is C11H11F3N2O4. The molecule has 1 aliphatic heterocycles. The zero-order valence-corrected chi connectivity index (χ0v) is 10.2. The molecule has 2 rings (SSSR count). The van der Waals surface area contributed by atoms with Crippen LogP contribution in [0.2, 0.25) is 0 Å². The van der Waals surface area contributed by atoms with E-state index in [1.807, 2.05) is 0 Å². The van der Waals surface area contributed by atoms with Gasteiger partial charge < -0.3 is 14.4 Å². The van der Waals surface area contributed by atoms with Gasteiger partial charge in [-0.1, -0.05) is 0 Å². The van der Waals surface area contributed by atoms with Crippen LogP contribution in [0.1, 0.15) is 24.0 Å². The Balaban J connectivity index is 1.87. The Labute approximate surface area is 111 Å². The lowest BCUT2D eigenvalue weighted by atomic mass is 10.0. The van der Waals surface area contributed by atoms with E-state index in [0.717, 1.165) is 0 Å². The van der Waals surface area contributed by atoms with Crippen molar-refractivity contribution in [2.45, 2.75) is 24.9 Å². The lowest BCUT2D eigenvalue weighted by Gasteiger charge is -2.37. The van der Waals surface area contributed by atoms with Crippen LogP contribution in [0.25, 0.3) is 0 Å². The van der Waals surface area contributed by atoms with Gasteiger partial charge in [0.15, 0.2) is 0 Å². The third kappa shape index (κ3) is 3.09. The van der Waals surface area contributed by atoms with Crippen LogP contribution in [0.4, 0.5) is 13.2 Å². The van der Waals surface area contributed by atoms with Crippen molar-refractivity contribution in [3.05, 3.63) is 17.8 Å². The molecule has 0 unspecified atom stereocenters. The van der Waals surface area contributed by atoms with Crippen LogP contribution in [-0.2, 0) is 16.0 Å². The van der Waals surface area contributed by atoms with Crippen molar-refractivity contribution in [3.63, 3.8) is 0 Å². The second-order valence-electron chi connectivity index (χ2n) is 4.46. The number of carboxylic acid groups (broad SMARTS) is 1. The van der Waals surface area contributed by atoms with Crippen molar-refractivity contribution >= 4 is 11.9 Å². The van der Waals surface area contributed by atoms with Crippen molar-refractivity contribution in [1.82, 2.24) is 9.88 Å². The second-order valence-corrected chi connectivity index (χ2v) is 4.46. The number of halogens is 3. The number of aliphatic carboxylic acids is 1. The van der Waals surface area contributed by atoms with Crippen molar-refractivity contribution < 1.29 is 32.3 Å². The fraction of sp³-hybridized carbons (Fsp3) is 0.545. The monoisotopic (exact) mass is 292 g/mol. The zero-order chi connectivity index (χ0) is 14.9. The number of aryl methyl sites for hydroxylation is 1. The van der Waals surface area contributed by atoms with E-state index >= 15 is 0 Å². The van der Waals surface area contributed by atoms with Crippen LogP contribution in [0, 0.1) is 0 Å². The molecule has 1 aromatic rings. The van der Waals surface area contributed by atoms with Crippen LogP contribution >= 0.6 is 0 Å². The number of amides is 1. The molecule has 2 heterocycles. The molecule has 6 nitrogen and oxygen atoms in total. The third-order valence-corrected chi connectivity index (χ3v) is 2.92. The average molecular weight is 292 g/mol. The van der Waals surface area contributed by atoms with Crippen LogP contribution < -0.4 is 0 Å². The number of carboxylic acids is 1. The molecule has 0 aromatic carbocycles. The molecule has 1 aliphatic rings. The summed E-state index contributed by atoms with van der Waals surface area (Å²) in [6.45, 7) is -0.200. The quantitative estimate of drug-likeness (QED) is 0.901. The minimum Gasteiger partial charge on any atom is -0.481 e. The summed E-state index contributed by atoms with van der Waals surface area (Å²) in [5, 5.41) is 8.51. The van der Waals surface area contributed by atoms with Gasteiger partial charge in [0.2, 0.25) is 5.89 Å². The molecule has 0 aliphatic carbocycles. The van der Waals surface area contributed by atoms with Crippen LogP contribution in [0.5, 0.6) is 0 Å². The van der Waals surface area contributed by atoms with Gasteiger partial charge in [0.05, 0.1) is 18.5 Å². The van der Waals surface area contributed by atoms with Gasteiger partial charge in [-0.05, 0) is 0 Å². The molecule has 110 valence electrons. The molecule has 0 bridgehead atoms. The van der Waals surface area contributed by atoms with Crippen molar-refractivity contribution in [1.29, 1.82) is 0 Å². The molecule has 1 amide bonds. The Morgan fingerprint density at radius 1 is 1.45 bits per heavy atom. The smallest absolute Gasteiger partial charge is 0.471 e. The highest BCUT2D eigenvalue weighted by atomic mass is 19.4. The molecule has 9 heteroatoms. The molecule has 0 saturated carbocycles. The Bertz CT molecular complexity index is 520. The van der Waals surface area contributed by atoms with E-state index in [-0.39, 0.29) is 37.7 Å². The SMILES string of the molecule is O=C(O)CCc1cnc(C2CN(C(=O)C(F)(F)F)C2)o1. The van der Waals surface area contributed by atoms with Gasteiger partial charge in [0.25, 0.3) is 0 Å². The van der Waals surface area contributed by atoms with Crippen molar-refractivity contribution in [2.24, 2.45) is 0 Å². The summed E-state index contributed by atoms with van der Waals surface area (Å²) in [5.74, 6) is -2.63. The van der Waals surface area contributed by atoms with Crippen LogP contribution in [0.3, 0.4) is 0 Å². The van der Waals surface area contributed by atoms with Gasteiger partial charge in [-0.15, -0.1) is 0 Å². The minimum absolute atomic E-state index is 0.1000. The Kier molecular flexibility index (Phi) is 3.69. The molecule has 20 heavy (non-hydrogen) atoms. The van der Waals surface area contributed by atoms with Crippen LogP contribution in [-0.4, -0.2) is 46.1 Å². The molecule has 1 aromatic heterocycles. The predicted molar refractivity (Wildman–Crippen MR) is 57.8 cm³/mol. The van der Waals surface area contributed by atoms with Gasteiger partial charge in [-0.3, -0.25) is 9.59 Å². The molecular weight excluding hydrogens is 281 g/mol. The fourth-order valence-electron chi connectivity index (χ4n) is 1.84. The number of nitrogens with zero attached hydrogens (tertiary/aromatic N) is 2. The Morgan fingerprint density at radius 3 is 2.65 bits per heavy atom. The van der Waals surface area contributed by atoms with E-state index in [4.69, 9.17) is 9.52 Å². The highest BCUT2D eigenvalue weighted by molar-refractivity contribution is 5.82. The number of oxazole rings is 1. The first-order valence-electron chi connectivity index (χ1n) is 5.80. The summed E-state index contributed by atoms with van der Waals surface area (Å²) < 4.78 is 41.7. The number of alkyl halides is 3. The Hall–Kier alpha value is -2.06. The summed E-state index contributed by atoms with van der Waals surface area (Å²) in [4.78, 5) is 25.8. The second kappa shape index (κ2) is 5.14. The molecule has 1 saturated heterocycles. The molecule has 0 radical (unpaired) electrons. The molecule has 1 fully saturated rings. The van der Waals surface area contributed by atoms with E-state index in [9.17, 15) is 22.8 Å². The summed E-state index contributed by atoms with van der Waals surface area (Å²) in [6.07, 6.45) is -3.46. The third-order valence-electron chi connectivity index (χ3n) is 2.92.